The fourth-order valence-electron chi connectivity index (χ4n) is 3.08. The summed E-state index contributed by atoms with van der Waals surface area (Å²) in [7, 11) is 0. The second kappa shape index (κ2) is 6.61. The number of hydrogen-bond acceptors (Lipinski definition) is 2. The Bertz CT molecular complexity index is 617. The SMILES string of the molecule is C=CCC(C)(C)CC(C)(C)c1ccc2cccnc2n1.S. The average Bonchev–Trinajstić information content (AvgIpc) is 2.36. The number of rotatable bonds is 5. The summed E-state index contributed by atoms with van der Waals surface area (Å²) in [6.45, 7) is 13.0. The maximum absolute atomic E-state index is 4.75. The lowest BCUT2D eigenvalue weighted by Gasteiger charge is -2.34. The number of hydrogen-bond donors (Lipinski definition) is 0. The second-order valence-electron chi connectivity index (χ2n) is 6.96. The Balaban J connectivity index is 0.00000220. The van der Waals surface area contributed by atoms with E-state index in [1.807, 2.05) is 18.2 Å². The van der Waals surface area contributed by atoms with E-state index in [0.717, 1.165) is 29.6 Å². The van der Waals surface area contributed by atoms with Gasteiger partial charge in [-0.25, -0.2) is 9.97 Å². The molecule has 0 aromatic carbocycles. The molecule has 3 heteroatoms. The van der Waals surface area contributed by atoms with Gasteiger partial charge in [-0.3, -0.25) is 0 Å². The van der Waals surface area contributed by atoms with Crippen LogP contribution in [0.1, 0.15) is 46.2 Å². The first-order valence-electron chi connectivity index (χ1n) is 7.17. The van der Waals surface area contributed by atoms with Crippen LogP contribution in [-0.2, 0) is 5.41 Å². The number of nitrogens with zero attached hydrogens (tertiary/aromatic N) is 2. The minimum atomic E-state index is 0. The van der Waals surface area contributed by atoms with Gasteiger partial charge in [-0.1, -0.05) is 33.8 Å². The summed E-state index contributed by atoms with van der Waals surface area (Å²) in [5.74, 6) is 0. The van der Waals surface area contributed by atoms with Crippen molar-refractivity contribution in [1.29, 1.82) is 0 Å². The van der Waals surface area contributed by atoms with Crippen molar-refractivity contribution in [2.75, 3.05) is 0 Å². The van der Waals surface area contributed by atoms with E-state index in [2.05, 4.69) is 51.4 Å². The van der Waals surface area contributed by atoms with Crippen molar-refractivity contribution in [2.45, 2.75) is 46.0 Å². The third-order valence-electron chi connectivity index (χ3n) is 3.77. The molecule has 0 saturated heterocycles. The molecule has 0 atom stereocenters. The third kappa shape index (κ3) is 4.31. The van der Waals surface area contributed by atoms with E-state index in [0.29, 0.717) is 0 Å². The standard InChI is InChI=1S/C18H24N2.H2S/c1-6-11-17(2,3)13-18(4,5)15-10-9-14-8-7-12-19-16(14)20-15;/h6-10,12H,1,11,13H2,2-5H3;1H2. The summed E-state index contributed by atoms with van der Waals surface area (Å²) in [4.78, 5) is 9.12. The number of allylic oxidation sites excluding steroid dienone is 1. The first-order chi connectivity index (χ1) is 9.34. The molecule has 0 unspecified atom stereocenters. The lowest BCUT2D eigenvalue weighted by atomic mass is 9.71. The van der Waals surface area contributed by atoms with Gasteiger partial charge in [0.25, 0.3) is 0 Å². The van der Waals surface area contributed by atoms with E-state index in [1.165, 1.54) is 0 Å². The molecular formula is C18H26N2S. The Hall–Kier alpha value is -1.35. The fourth-order valence-corrected chi connectivity index (χ4v) is 3.08. The molecule has 2 heterocycles. The molecule has 0 bridgehead atoms. The first-order valence-corrected chi connectivity index (χ1v) is 7.17. The Labute approximate surface area is 135 Å². The Morgan fingerprint density at radius 2 is 1.86 bits per heavy atom. The number of fused-ring (bicyclic) bond motifs is 1. The van der Waals surface area contributed by atoms with Crippen LogP contribution in [0, 0.1) is 5.41 Å². The zero-order chi connectivity index (χ0) is 14.8. The molecule has 0 aliphatic carbocycles. The Morgan fingerprint density at radius 3 is 2.52 bits per heavy atom. The van der Waals surface area contributed by atoms with E-state index in [-0.39, 0.29) is 24.3 Å². The van der Waals surface area contributed by atoms with E-state index in [1.54, 1.807) is 6.20 Å². The largest absolute Gasteiger partial charge is 0.237 e. The van der Waals surface area contributed by atoms with Crippen LogP contribution < -0.4 is 0 Å². The van der Waals surface area contributed by atoms with Gasteiger partial charge in [0.2, 0.25) is 0 Å². The molecule has 0 spiro atoms. The third-order valence-corrected chi connectivity index (χ3v) is 3.77. The summed E-state index contributed by atoms with van der Waals surface area (Å²) >= 11 is 0. The predicted molar refractivity (Wildman–Crippen MR) is 96.2 cm³/mol. The second-order valence-corrected chi connectivity index (χ2v) is 6.96. The molecule has 0 fully saturated rings. The van der Waals surface area contributed by atoms with Gasteiger partial charge in [0.15, 0.2) is 5.65 Å². The molecule has 2 aromatic rings. The minimum Gasteiger partial charge on any atom is -0.237 e. The predicted octanol–water partition coefficient (Wildman–Crippen LogP) is 5.01. The van der Waals surface area contributed by atoms with Gasteiger partial charge in [0, 0.05) is 22.7 Å². The average molecular weight is 302 g/mol. The maximum atomic E-state index is 4.75. The van der Waals surface area contributed by atoms with Gasteiger partial charge >= 0.3 is 0 Å². The highest BCUT2D eigenvalue weighted by Gasteiger charge is 2.30. The highest BCUT2D eigenvalue weighted by atomic mass is 32.1. The molecular weight excluding hydrogens is 276 g/mol. The Morgan fingerprint density at radius 1 is 1.14 bits per heavy atom. The van der Waals surface area contributed by atoms with Crippen molar-refractivity contribution in [3.05, 3.63) is 48.8 Å². The van der Waals surface area contributed by atoms with E-state index in [9.17, 15) is 0 Å². The van der Waals surface area contributed by atoms with Crippen LogP contribution in [0.3, 0.4) is 0 Å². The molecule has 2 nitrogen and oxygen atoms in total. The topological polar surface area (TPSA) is 25.8 Å². The van der Waals surface area contributed by atoms with Gasteiger partial charge in [0.1, 0.15) is 0 Å². The van der Waals surface area contributed by atoms with Crippen molar-refractivity contribution in [3.63, 3.8) is 0 Å². The molecule has 0 saturated carbocycles. The van der Waals surface area contributed by atoms with Crippen LogP contribution in [0.15, 0.2) is 43.1 Å². The van der Waals surface area contributed by atoms with E-state index < -0.39 is 0 Å². The van der Waals surface area contributed by atoms with Crippen LogP contribution >= 0.6 is 13.5 Å². The monoisotopic (exact) mass is 302 g/mol. The van der Waals surface area contributed by atoms with Crippen LogP contribution in [-0.4, -0.2) is 9.97 Å². The summed E-state index contributed by atoms with van der Waals surface area (Å²) in [6, 6.07) is 8.25. The maximum Gasteiger partial charge on any atom is 0.159 e. The smallest absolute Gasteiger partial charge is 0.159 e. The molecule has 0 N–H and O–H groups in total. The zero-order valence-electron chi connectivity index (χ0n) is 13.5. The number of pyridine rings is 2. The molecule has 2 aromatic heterocycles. The van der Waals surface area contributed by atoms with Crippen LogP contribution in [0.2, 0.25) is 0 Å². The summed E-state index contributed by atoms with van der Waals surface area (Å²) in [6.07, 6.45) is 5.89. The molecule has 114 valence electrons. The molecule has 0 radical (unpaired) electrons. The molecule has 2 rings (SSSR count). The van der Waals surface area contributed by atoms with E-state index >= 15 is 0 Å². The molecule has 21 heavy (non-hydrogen) atoms. The zero-order valence-corrected chi connectivity index (χ0v) is 14.5. The quantitative estimate of drug-likeness (QED) is 0.725. The van der Waals surface area contributed by atoms with Gasteiger partial charge in [-0.2, -0.15) is 13.5 Å². The van der Waals surface area contributed by atoms with Crippen molar-refractivity contribution >= 4 is 24.5 Å². The molecule has 0 aliphatic rings. The fraction of sp³-hybridized carbons (Fsp3) is 0.444. The summed E-state index contributed by atoms with van der Waals surface area (Å²) in [5.41, 5.74) is 2.20. The van der Waals surface area contributed by atoms with Crippen molar-refractivity contribution in [3.8, 4) is 0 Å². The highest BCUT2D eigenvalue weighted by Crippen LogP contribution is 2.38. The highest BCUT2D eigenvalue weighted by molar-refractivity contribution is 7.59. The summed E-state index contributed by atoms with van der Waals surface area (Å²) in [5, 5.41) is 1.09. The van der Waals surface area contributed by atoms with Gasteiger partial charge in [-0.15, -0.1) is 6.58 Å². The van der Waals surface area contributed by atoms with Crippen LogP contribution in [0.4, 0.5) is 0 Å². The lowest BCUT2D eigenvalue weighted by molar-refractivity contribution is 0.256. The van der Waals surface area contributed by atoms with Gasteiger partial charge in [0.05, 0.1) is 0 Å². The Kier molecular flexibility index (Phi) is 5.57. The van der Waals surface area contributed by atoms with Gasteiger partial charge in [-0.05, 0) is 42.5 Å². The first kappa shape index (κ1) is 17.7. The normalized spacial score (nSPS) is 12.0. The van der Waals surface area contributed by atoms with Gasteiger partial charge < -0.3 is 0 Å². The summed E-state index contributed by atoms with van der Waals surface area (Å²) < 4.78 is 0. The molecule has 0 amide bonds. The van der Waals surface area contributed by atoms with Crippen molar-refractivity contribution in [2.24, 2.45) is 5.41 Å². The molecule has 0 aliphatic heterocycles. The van der Waals surface area contributed by atoms with Crippen molar-refractivity contribution in [1.82, 2.24) is 9.97 Å². The number of aromatic nitrogens is 2. The van der Waals surface area contributed by atoms with Crippen LogP contribution in [0.5, 0.6) is 0 Å². The minimum absolute atomic E-state index is 0. The van der Waals surface area contributed by atoms with Crippen LogP contribution in [0.25, 0.3) is 11.0 Å². The van der Waals surface area contributed by atoms with Crippen molar-refractivity contribution < 1.29 is 0 Å². The lowest BCUT2D eigenvalue weighted by Crippen LogP contribution is -2.27. The van der Waals surface area contributed by atoms with E-state index in [4.69, 9.17) is 4.98 Å².